The Bertz CT molecular complexity index is 1450. The van der Waals surface area contributed by atoms with Gasteiger partial charge in [0.25, 0.3) is 0 Å². The lowest BCUT2D eigenvalue weighted by atomic mass is 10.0. The van der Waals surface area contributed by atoms with Crippen LogP contribution in [0.1, 0.15) is 24.0 Å². The normalized spacial score (nSPS) is 13.0. The first-order valence-corrected chi connectivity index (χ1v) is 15.1. The second-order valence-electron chi connectivity index (χ2n) is 9.41. The van der Waals surface area contributed by atoms with Crippen LogP contribution in [0.5, 0.6) is 11.5 Å². The van der Waals surface area contributed by atoms with Crippen molar-refractivity contribution in [3.8, 4) is 11.5 Å². The van der Waals surface area contributed by atoms with Crippen LogP contribution in [0, 0.1) is 0 Å². The second-order valence-corrected chi connectivity index (χ2v) is 11.7. The highest BCUT2D eigenvalue weighted by atomic mass is 35.5. The van der Waals surface area contributed by atoms with Crippen LogP contribution in [0.25, 0.3) is 0 Å². The van der Waals surface area contributed by atoms with Gasteiger partial charge in [-0.15, -0.1) is 0 Å². The molecule has 1 aliphatic heterocycles. The van der Waals surface area contributed by atoms with Crippen LogP contribution >= 0.6 is 11.6 Å². The number of hydrogen-bond donors (Lipinski definition) is 1. The smallest absolute Gasteiger partial charge is 0.242 e. The SMILES string of the molecule is CNC(=O)C(Cc1ccccc1)N(Cc1ccccc1Cl)C(=O)CCCN(c1ccc2c(c1)OCO2)S(C)(=O)=O. The van der Waals surface area contributed by atoms with Crippen LogP contribution in [0.4, 0.5) is 5.69 Å². The molecule has 3 aromatic rings. The molecule has 40 heavy (non-hydrogen) atoms. The topological polar surface area (TPSA) is 105 Å². The number of ether oxygens (including phenoxy) is 2. The summed E-state index contributed by atoms with van der Waals surface area (Å²) in [5, 5.41) is 3.17. The Morgan fingerprint density at radius 1 is 1.00 bits per heavy atom. The molecule has 212 valence electrons. The molecule has 0 saturated carbocycles. The standard InChI is InChI=1S/C29H32ClN3O6S/c1-31-29(35)25(17-21-9-4-3-5-10-21)32(19-22-11-6-7-12-24(22)30)28(34)13-8-16-33(40(2,36)37)23-14-15-26-27(18-23)39-20-38-26/h3-7,9-12,14-15,18,25H,8,13,16-17,19-20H2,1-2H3,(H,31,35). The van der Waals surface area contributed by atoms with Crippen LogP contribution in [0.15, 0.2) is 72.8 Å². The Hall–Kier alpha value is -3.76. The molecular weight excluding hydrogens is 554 g/mol. The van der Waals surface area contributed by atoms with Crippen molar-refractivity contribution in [1.82, 2.24) is 10.2 Å². The number of likely N-dealkylation sites (N-methyl/N-ethyl adjacent to an activating group) is 1. The maximum absolute atomic E-state index is 13.7. The predicted octanol–water partition coefficient (Wildman–Crippen LogP) is 4.00. The van der Waals surface area contributed by atoms with Gasteiger partial charge in [0.1, 0.15) is 6.04 Å². The van der Waals surface area contributed by atoms with E-state index in [-0.39, 0.29) is 44.5 Å². The minimum atomic E-state index is -3.65. The molecule has 0 bridgehead atoms. The van der Waals surface area contributed by atoms with Crippen molar-refractivity contribution in [3.05, 3.63) is 88.9 Å². The molecule has 2 amide bonds. The molecule has 0 aromatic heterocycles. The Labute approximate surface area is 239 Å². The monoisotopic (exact) mass is 585 g/mol. The fourth-order valence-corrected chi connectivity index (χ4v) is 5.73. The van der Waals surface area contributed by atoms with E-state index >= 15 is 0 Å². The highest BCUT2D eigenvalue weighted by molar-refractivity contribution is 7.92. The van der Waals surface area contributed by atoms with Crippen LogP contribution in [-0.4, -0.2) is 57.8 Å². The highest BCUT2D eigenvalue weighted by Gasteiger charge is 2.30. The van der Waals surface area contributed by atoms with Gasteiger partial charge < -0.3 is 19.7 Å². The van der Waals surface area contributed by atoms with Gasteiger partial charge in [0.15, 0.2) is 11.5 Å². The lowest BCUT2D eigenvalue weighted by Crippen LogP contribution is -2.49. The molecule has 4 rings (SSSR count). The van der Waals surface area contributed by atoms with Crippen LogP contribution < -0.4 is 19.1 Å². The second kappa shape index (κ2) is 13.1. The zero-order valence-electron chi connectivity index (χ0n) is 22.4. The first-order valence-electron chi connectivity index (χ1n) is 12.8. The van der Waals surface area contributed by atoms with Gasteiger partial charge in [0.2, 0.25) is 28.6 Å². The molecule has 1 unspecified atom stereocenters. The Morgan fingerprint density at radius 2 is 1.70 bits per heavy atom. The van der Waals surface area contributed by atoms with Crippen molar-refractivity contribution in [3.63, 3.8) is 0 Å². The Kier molecular flexibility index (Phi) is 9.54. The van der Waals surface area contributed by atoms with Gasteiger partial charge in [-0.25, -0.2) is 8.42 Å². The first kappa shape index (κ1) is 29.2. The molecule has 9 nitrogen and oxygen atoms in total. The van der Waals surface area contributed by atoms with E-state index in [0.717, 1.165) is 11.8 Å². The number of sulfonamides is 1. The maximum atomic E-state index is 13.7. The van der Waals surface area contributed by atoms with E-state index in [1.807, 2.05) is 42.5 Å². The zero-order chi connectivity index (χ0) is 28.7. The van der Waals surface area contributed by atoms with Gasteiger partial charge in [0.05, 0.1) is 11.9 Å². The summed E-state index contributed by atoms with van der Waals surface area (Å²) in [6, 6.07) is 20.7. The van der Waals surface area contributed by atoms with E-state index in [1.165, 1.54) is 16.3 Å². The summed E-state index contributed by atoms with van der Waals surface area (Å²) < 4.78 is 37.3. The number of anilines is 1. The summed E-state index contributed by atoms with van der Waals surface area (Å²) in [6.45, 7) is 0.262. The lowest BCUT2D eigenvalue weighted by Gasteiger charge is -2.32. The molecular formula is C29H32ClN3O6S. The van der Waals surface area contributed by atoms with Crippen molar-refractivity contribution < 1.29 is 27.5 Å². The van der Waals surface area contributed by atoms with Gasteiger partial charge in [0, 0.05) is 44.1 Å². The van der Waals surface area contributed by atoms with Crippen molar-refractivity contribution >= 4 is 39.1 Å². The summed E-state index contributed by atoms with van der Waals surface area (Å²) in [7, 11) is -2.12. The molecule has 0 radical (unpaired) electrons. The number of halogens is 1. The van der Waals surface area contributed by atoms with Crippen LogP contribution in [0.2, 0.25) is 5.02 Å². The zero-order valence-corrected chi connectivity index (χ0v) is 24.0. The first-order chi connectivity index (χ1) is 19.2. The molecule has 1 N–H and O–H groups in total. The summed E-state index contributed by atoms with van der Waals surface area (Å²) in [4.78, 5) is 28.3. The number of rotatable bonds is 12. The molecule has 1 heterocycles. The number of nitrogens with one attached hydrogen (secondary N) is 1. The third kappa shape index (κ3) is 7.25. The van der Waals surface area contributed by atoms with Crippen molar-refractivity contribution in [2.24, 2.45) is 0 Å². The maximum Gasteiger partial charge on any atom is 0.242 e. The van der Waals surface area contributed by atoms with Gasteiger partial charge in [-0.2, -0.15) is 0 Å². The van der Waals surface area contributed by atoms with Gasteiger partial charge >= 0.3 is 0 Å². The summed E-state index contributed by atoms with van der Waals surface area (Å²) >= 11 is 6.42. The van der Waals surface area contributed by atoms with E-state index < -0.39 is 16.1 Å². The number of carbonyl (C=O) groups is 2. The average Bonchev–Trinajstić information content (AvgIpc) is 3.41. The van der Waals surface area contributed by atoms with Gasteiger partial charge in [-0.1, -0.05) is 60.1 Å². The minimum Gasteiger partial charge on any atom is -0.454 e. The van der Waals surface area contributed by atoms with E-state index in [9.17, 15) is 18.0 Å². The number of benzene rings is 3. The average molecular weight is 586 g/mol. The molecule has 11 heteroatoms. The highest BCUT2D eigenvalue weighted by Crippen LogP contribution is 2.36. The molecule has 0 saturated heterocycles. The Morgan fingerprint density at radius 3 is 2.40 bits per heavy atom. The quantitative estimate of drug-likeness (QED) is 0.344. The number of nitrogens with zero attached hydrogens (tertiary/aromatic N) is 2. The summed E-state index contributed by atoms with van der Waals surface area (Å²) in [6.07, 6.45) is 1.67. The fraction of sp³-hybridized carbons (Fsp3) is 0.310. The summed E-state index contributed by atoms with van der Waals surface area (Å²) in [5.41, 5.74) is 2.02. The number of hydrogen-bond acceptors (Lipinski definition) is 6. The van der Waals surface area contributed by atoms with E-state index in [0.29, 0.717) is 34.2 Å². The third-order valence-corrected chi connectivity index (χ3v) is 8.18. The van der Waals surface area contributed by atoms with Crippen LogP contribution in [0.3, 0.4) is 0 Å². The fourth-order valence-electron chi connectivity index (χ4n) is 4.57. The van der Waals surface area contributed by atoms with E-state index in [1.54, 1.807) is 30.3 Å². The van der Waals surface area contributed by atoms with Gasteiger partial charge in [-0.05, 0) is 35.7 Å². The summed E-state index contributed by atoms with van der Waals surface area (Å²) in [5.74, 6) is 0.412. The third-order valence-electron chi connectivity index (χ3n) is 6.61. The van der Waals surface area contributed by atoms with Crippen molar-refractivity contribution in [2.75, 3.05) is 30.9 Å². The van der Waals surface area contributed by atoms with Gasteiger partial charge in [-0.3, -0.25) is 13.9 Å². The largest absolute Gasteiger partial charge is 0.454 e. The van der Waals surface area contributed by atoms with E-state index in [4.69, 9.17) is 21.1 Å². The molecule has 0 spiro atoms. The van der Waals surface area contributed by atoms with Crippen LogP contribution in [-0.2, 0) is 32.6 Å². The number of carbonyl (C=O) groups excluding carboxylic acids is 2. The van der Waals surface area contributed by atoms with Crippen molar-refractivity contribution in [2.45, 2.75) is 31.8 Å². The van der Waals surface area contributed by atoms with E-state index in [2.05, 4.69) is 5.32 Å². The van der Waals surface area contributed by atoms with Crippen molar-refractivity contribution in [1.29, 1.82) is 0 Å². The molecule has 0 fully saturated rings. The molecule has 0 aliphatic carbocycles. The lowest BCUT2D eigenvalue weighted by molar-refractivity contribution is -0.141. The number of fused-ring (bicyclic) bond motifs is 1. The number of amides is 2. The predicted molar refractivity (Wildman–Crippen MR) is 154 cm³/mol. The Balaban J connectivity index is 1.55. The molecule has 3 aromatic carbocycles. The molecule has 1 aliphatic rings. The minimum absolute atomic E-state index is 0.0172. The molecule has 1 atom stereocenters.